The van der Waals surface area contributed by atoms with Crippen molar-refractivity contribution in [2.24, 2.45) is 5.92 Å². The van der Waals surface area contributed by atoms with Crippen molar-refractivity contribution in [2.75, 3.05) is 33.3 Å². The molecule has 25 heavy (non-hydrogen) atoms. The maximum Gasteiger partial charge on any atom is 0.276 e. The summed E-state index contributed by atoms with van der Waals surface area (Å²) in [5, 5.41) is 0. The number of hydrogen-bond donors (Lipinski definition) is 0. The van der Waals surface area contributed by atoms with E-state index in [2.05, 4.69) is 16.9 Å². The molecule has 2 aliphatic rings. The third kappa shape index (κ3) is 3.48. The zero-order valence-corrected chi connectivity index (χ0v) is 14.4. The van der Waals surface area contributed by atoms with Crippen LogP contribution in [0.1, 0.15) is 29.1 Å². The van der Waals surface area contributed by atoms with Crippen LogP contribution in [0.3, 0.4) is 0 Å². The van der Waals surface area contributed by atoms with E-state index < -0.39 is 0 Å². The smallest absolute Gasteiger partial charge is 0.276 e. The van der Waals surface area contributed by atoms with E-state index in [9.17, 15) is 4.79 Å². The molecule has 0 aliphatic carbocycles. The maximum absolute atomic E-state index is 12.2. The Balaban J connectivity index is 1.22. The number of furan rings is 1. The summed E-state index contributed by atoms with van der Waals surface area (Å²) in [4.78, 5) is 20.2. The predicted molar refractivity (Wildman–Crippen MR) is 88.9 cm³/mol. The lowest BCUT2D eigenvalue weighted by Crippen LogP contribution is -2.66. The van der Waals surface area contributed by atoms with Gasteiger partial charge >= 0.3 is 0 Å². The SMILES string of the molecule is CN(Cc1ccco1)C[C@H]1CCC2(CN(C(=O)c3cocn3)C2)OC1. The van der Waals surface area contributed by atoms with Crippen LogP contribution in [0.2, 0.25) is 0 Å². The molecule has 134 valence electrons. The minimum Gasteiger partial charge on any atom is -0.468 e. The Morgan fingerprint density at radius 2 is 2.36 bits per heavy atom. The molecular formula is C18H23N3O4. The first-order valence-corrected chi connectivity index (χ1v) is 8.66. The molecule has 2 aromatic heterocycles. The molecule has 4 rings (SSSR count). The lowest BCUT2D eigenvalue weighted by atomic mass is 9.82. The van der Waals surface area contributed by atoms with E-state index in [0.717, 1.165) is 38.3 Å². The number of carbonyl (C=O) groups is 1. The fraction of sp³-hybridized carbons (Fsp3) is 0.556. The summed E-state index contributed by atoms with van der Waals surface area (Å²) in [6, 6.07) is 3.91. The van der Waals surface area contributed by atoms with Crippen molar-refractivity contribution in [3.05, 3.63) is 42.5 Å². The number of rotatable bonds is 5. The Labute approximate surface area is 146 Å². The Morgan fingerprint density at radius 3 is 3.00 bits per heavy atom. The monoisotopic (exact) mass is 345 g/mol. The van der Waals surface area contributed by atoms with Crippen molar-refractivity contribution in [2.45, 2.75) is 25.0 Å². The van der Waals surface area contributed by atoms with Gasteiger partial charge in [-0.3, -0.25) is 9.69 Å². The van der Waals surface area contributed by atoms with Crippen molar-refractivity contribution >= 4 is 5.91 Å². The number of hydrogen-bond acceptors (Lipinski definition) is 6. The quantitative estimate of drug-likeness (QED) is 0.826. The van der Waals surface area contributed by atoms with E-state index in [1.807, 2.05) is 12.1 Å². The second kappa shape index (κ2) is 6.65. The number of oxazole rings is 1. The van der Waals surface area contributed by atoms with Crippen LogP contribution in [-0.2, 0) is 11.3 Å². The first-order valence-electron chi connectivity index (χ1n) is 8.66. The van der Waals surface area contributed by atoms with Gasteiger partial charge < -0.3 is 18.5 Å². The van der Waals surface area contributed by atoms with Crippen LogP contribution in [0, 0.1) is 5.92 Å². The fourth-order valence-corrected chi connectivity index (χ4v) is 3.76. The van der Waals surface area contributed by atoms with Crippen LogP contribution < -0.4 is 0 Å². The molecule has 0 bridgehead atoms. The van der Waals surface area contributed by atoms with Gasteiger partial charge in [-0.15, -0.1) is 0 Å². The number of ether oxygens (including phenoxy) is 1. The highest BCUT2D eigenvalue weighted by molar-refractivity contribution is 5.92. The molecule has 2 saturated heterocycles. The van der Waals surface area contributed by atoms with Crippen LogP contribution in [0.4, 0.5) is 0 Å². The first kappa shape index (κ1) is 16.4. The van der Waals surface area contributed by atoms with Crippen molar-refractivity contribution in [3.63, 3.8) is 0 Å². The highest BCUT2D eigenvalue weighted by Gasteiger charge is 2.48. The van der Waals surface area contributed by atoms with Crippen LogP contribution >= 0.6 is 0 Å². The van der Waals surface area contributed by atoms with Gasteiger partial charge in [0.05, 0.1) is 32.5 Å². The number of amides is 1. The van der Waals surface area contributed by atoms with Gasteiger partial charge in [0.2, 0.25) is 0 Å². The van der Waals surface area contributed by atoms with Crippen LogP contribution in [-0.4, -0.2) is 59.6 Å². The summed E-state index contributed by atoms with van der Waals surface area (Å²) < 4.78 is 16.4. The van der Waals surface area contributed by atoms with Gasteiger partial charge in [0.25, 0.3) is 5.91 Å². The van der Waals surface area contributed by atoms with Gasteiger partial charge in [-0.2, -0.15) is 0 Å². The lowest BCUT2D eigenvalue weighted by Gasteiger charge is -2.52. The molecule has 1 atom stereocenters. The van der Waals surface area contributed by atoms with Crippen LogP contribution in [0.15, 0.2) is 39.9 Å². The molecule has 7 heteroatoms. The van der Waals surface area contributed by atoms with Gasteiger partial charge in [0.15, 0.2) is 12.1 Å². The lowest BCUT2D eigenvalue weighted by molar-refractivity contribution is -0.168. The molecule has 1 spiro atoms. The molecule has 0 N–H and O–H groups in total. The topological polar surface area (TPSA) is 72.0 Å². The highest BCUT2D eigenvalue weighted by Crippen LogP contribution is 2.36. The molecule has 4 heterocycles. The van der Waals surface area contributed by atoms with E-state index in [-0.39, 0.29) is 11.5 Å². The first-order chi connectivity index (χ1) is 12.1. The minimum absolute atomic E-state index is 0.0803. The number of likely N-dealkylation sites (tertiary alicyclic amines) is 1. The molecule has 0 aromatic carbocycles. The average Bonchev–Trinajstić information content (AvgIpc) is 3.26. The third-order valence-corrected chi connectivity index (χ3v) is 5.11. The average molecular weight is 345 g/mol. The standard InChI is InChI=1S/C18H23N3O4/c1-20(8-15-3-2-6-24-15)7-14-4-5-18(25-9-14)11-21(12-18)17(22)16-10-23-13-19-16/h2-3,6,10,13-14H,4-5,7-9,11-12H2,1H3/t14-/m1/s1. The summed E-state index contributed by atoms with van der Waals surface area (Å²) >= 11 is 0. The summed E-state index contributed by atoms with van der Waals surface area (Å²) in [6.45, 7) is 3.84. The van der Waals surface area contributed by atoms with Crippen LogP contribution in [0.5, 0.6) is 0 Å². The second-order valence-electron chi connectivity index (χ2n) is 7.21. The Kier molecular flexibility index (Phi) is 4.35. The van der Waals surface area contributed by atoms with Crippen molar-refractivity contribution in [1.29, 1.82) is 0 Å². The normalized spacial score (nSPS) is 22.3. The van der Waals surface area contributed by atoms with Gasteiger partial charge in [-0.1, -0.05) is 0 Å². The number of carbonyl (C=O) groups excluding carboxylic acids is 1. The molecule has 0 saturated carbocycles. The van der Waals surface area contributed by atoms with E-state index in [1.54, 1.807) is 11.2 Å². The molecule has 0 radical (unpaired) electrons. The van der Waals surface area contributed by atoms with Gasteiger partial charge in [0, 0.05) is 6.54 Å². The molecule has 0 unspecified atom stereocenters. The summed E-state index contributed by atoms with van der Waals surface area (Å²) in [6.07, 6.45) is 6.49. The molecule has 2 fully saturated rings. The Bertz CT molecular complexity index is 682. The second-order valence-corrected chi connectivity index (χ2v) is 7.21. The Hall–Kier alpha value is -2.12. The number of nitrogens with zero attached hydrogens (tertiary/aromatic N) is 3. The summed E-state index contributed by atoms with van der Waals surface area (Å²) in [5.74, 6) is 1.42. The third-order valence-electron chi connectivity index (χ3n) is 5.11. The Morgan fingerprint density at radius 1 is 1.48 bits per heavy atom. The number of aromatic nitrogens is 1. The van der Waals surface area contributed by atoms with Gasteiger partial charge in [-0.05, 0) is 37.9 Å². The zero-order chi connectivity index (χ0) is 17.3. The van der Waals surface area contributed by atoms with Crippen molar-refractivity contribution < 1.29 is 18.4 Å². The largest absolute Gasteiger partial charge is 0.468 e. The molecule has 2 aliphatic heterocycles. The van der Waals surface area contributed by atoms with E-state index in [4.69, 9.17) is 13.6 Å². The van der Waals surface area contributed by atoms with E-state index in [0.29, 0.717) is 24.7 Å². The van der Waals surface area contributed by atoms with E-state index in [1.165, 1.54) is 12.7 Å². The summed E-state index contributed by atoms with van der Waals surface area (Å²) in [5.41, 5.74) is 0.207. The summed E-state index contributed by atoms with van der Waals surface area (Å²) in [7, 11) is 2.11. The van der Waals surface area contributed by atoms with Crippen molar-refractivity contribution in [3.8, 4) is 0 Å². The molecular weight excluding hydrogens is 322 g/mol. The molecule has 2 aromatic rings. The predicted octanol–water partition coefficient (Wildman–Crippen LogP) is 2.02. The van der Waals surface area contributed by atoms with Crippen molar-refractivity contribution in [1.82, 2.24) is 14.8 Å². The van der Waals surface area contributed by atoms with Gasteiger partial charge in [0.1, 0.15) is 17.6 Å². The fourth-order valence-electron chi connectivity index (χ4n) is 3.76. The maximum atomic E-state index is 12.2. The molecule has 1 amide bonds. The zero-order valence-electron chi connectivity index (χ0n) is 14.4. The van der Waals surface area contributed by atoms with Crippen LogP contribution in [0.25, 0.3) is 0 Å². The van der Waals surface area contributed by atoms with E-state index >= 15 is 0 Å². The highest BCUT2D eigenvalue weighted by atomic mass is 16.5. The minimum atomic E-state index is -0.157. The molecule has 7 nitrogen and oxygen atoms in total. The van der Waals surface area contributed by atoms with Gasteiger partial charge in [-0.25, -0.2) is 4.98 Å².